The number of aromatic carboxylic acids is 1. The van der Waals surface area contributed by atoms with Gasteiger partial charge in [-0.05, 0) is 52.2 Å². The lowest BCUT2D eigenvalue weighted by atomic mass is 9.94. The number of carboxylic acids is 1. The van der Waals surface area contributed by atoms with Gasteiger partial charge in [-0.25, -0.2) is 9.78 Å². The van der Waals surface area contributed by atoms with Crippen LogP contribution in [-0.2, 0) is 20.1 Å². The summed E-state index contributed by atoms with van der Waals surface area (Å²) in [5.74, 6) is -0.944. The van der Waals surface area contributed by atoms with Crippen molar-refractivity contribution in [1.82, 2.24) is 9.55 Å². The first-order valence-corrected chi connectivity index (χ1v) is 11.6. The summed E-state index contributed by atoms with van der Waals surface area (Å²) in [5, 5.41) is 21.4. The molecule has 5 rings (SSSR count). The first kappa shape index (κ1) is 22.9. The number of imidazole rings is 1. The molecule has 0 atom stereocenters. The van der Waals surface area contributed by atoms with Crippen LogP contribution in [0.25, 0.3) is 21.9 Å². The molecule has 176 valence electrons. The Morgan fingerprint density at radius 2 is 1.75 bits per heavy atom. The minimum Gasteiger partial charge on any atom is -0.478 e. The minimum absolute atomic E-state index is 0.258. The fourth-order valence-electron chi connectivity index (χ4n) is 4.45. The number of hydrogen-bond acceptors (Lipinski definition) is 4. The van der Waals surface area contributed by atoms with Crippen LogP contribution in [0.4, 0.5) is 5.69 Å². The average Bonchev–Trinajstić information content (AvgIpc) is 3.32. The fraction of sp³-hybridized carbons (Fsp3) is 0.100. The summed E-state index contributed by atoms with van der Waals surface area (Å²) in [7, 11) is 1.96. The third-order valence-corrected chi connectivity index (χ3v) is 6.41. The van der Waals surface area contributed by atoms with Crippen LogP contribution < -0.4 is 4.90 Å². The first-order valence-electron chi connectivity index (χ1n) is 11.6. The summed E-state index contributed by atoms with van der Waals surface area (Å²) < 4.78 is 1.98. The molecule has 1 N–H and O–H groups in total. The van der Waals surface area contributed by atoms with E-state index in [-0.39, 0.29) is 5.56 Å². The number of anilines is 1. The summed E-state index contributed by atoms with van der Waals surface area (Å²) in [5.41, 5.74) is 5.74. The molecule has 0 saturated heterocycles. The van der Waals surface area contributed by atoms with Gasteiger partial charge in [0.1, 0.15) is 0 Å². The Morgan fingerprint density at radius 1 is 0.972 bits per heavy atom. The number of carbonyl (C=O) groups is 1. The van der Waals surface area contributed by atoms with Crippen molar-refractivity contribution in [2.24, 2.45) is 7.05 Å². The summed E-state index contributed by atoms with van der Waals surface area (Å²) in [4.78, 5) is 17.8. The van der Waals surface area contributed by atoms with Gasteiger partial charge < -0.3 is 14.6 Å². The van der Waals surface area contributed by atoms with Crippen LogP contribution in [0.1, 0.15) is 27.2 Å². The zero-order valence-electron chi connectivity index (χ0n) is 19.8. The Hall–Kier alpha value is -4.89. The molecule has 0 radical (unpaired) electrons. The van der Waals surface area contributed by atoms with Gasteiger partial charge in [0, 0.05) is 31.0 Å². The van der Waals surface area contributed by atoms with E-state index in [1.165, 1.54) is 0 Å². The van der Waals surface area contributed by atoms with E-state index in [0.29, 0.717) is 18.7 Å². The smallest absolute Gasteiger partial charge is 0.335 e. The van der Waals surface area contributed by atoms with Crippen molar-refractivity contribution in [2.45, 2.75) is 13.1 Å². The maximum atomic E-state index is 11.3. The molecule has 0 aliphatic heterocycles. The van der Waals surface area contributed by atoms with Gasteiger partial charge in [-0.15, -0.1) is 0 Å². The van der Waals surface area contributed by atoms with Crippen molar-refractivity contribution in [3.8, 4) is 17.2 Å². The number of rotatable bonds is 7. The highest BCUT2D eigenvalue weighted by Gasteiger charge is 2.16. The van der Waals surface area contributed by atoms with Gasteiger partial charge in [-0.1, -0.05) is 54.6 Å². The Morgan fingerprint density at radius 3 is 2.47 bits per heavy atom. The predicted molar refractivity (Wildman–Crippen MR) is 141 cm³/mol. The molecule has 0 amide bonds. The maximum Gasteiger partial charge on any atom is 0.335 e. The summed E-state index contributed by atoms with van der Waals surface area (Å²) in [6.45, 7) is 1.16. The van der Waals surface area contributed by atoms with Gasteiger partial charge in [-0.2, -0.15) is 5.26 Å². The number of benzene rings is 4. The topological polar surface area (TPSA) is 82.2 Å². The Kier molecular flexibility index (Phi) is 6.21. The van der Waals surface area contributed by atoms with Crippen molar-refractivity contribution in [1.29, 1.82) is 5.26 Å². The van der Waals surface area contributed by atoms with Crippen LogP contribution in [0.5, 0.6) is 0 Å². The van der Waals surface area contributed by atoms with Crippen LogP contribution in [0.15, 0.2) is 97.5 Å². The molecule has 0 spiro atoms. The van der Waals surface area contributed by atoms with E-state index in [2.05, 4.69) is 46.3 Å². The molecule has 0 unspecified atom stereocenters. The highest BCUT2D eigenvalue weighted by atomic mass is 16.4. The van der Waals surface area contributed by atoms with Crippen molar-refractivity contribution in [2.75, 3.05) is 4.90 Å². The number of nitrogens with zero attached hydrogens (tertiary/aromatic N) is 4. The molecule has 4 aromatic carbocycles. The number of nitriles is 1. The van der Waals surface area contributed by atoms with E-state index in [4.69, 9.17) is 0 Å². The van der Waals surface area contributed by atoms with Gasteiger partial charge in [-0.3, -0.25) is 0 Å². The van der Waals surface area contributed by atoms with Crippen molar-refractivity contribution in [3.05, 3.63) is 120 Å². The zero-order chi connectivity index (χ0) is 25.1. The summed E-state index contributed by atoms with van der Waals surface area (Å²) >= 11 is 0. The molecule has 0 aliphatic carbocycles. The molecular formula is C30H24N4O2. The van der Waals surface area contributed by atoms with Gasteiger partial charge >= 0.3 is 5.97 Å². The predicted octanol–water partition coefficient (Wildman–Crippen LogP) is 6.02. The lowest BCUT2D eigenvalue weighted by Crippen LogP contribution is -2.23. The first-order chi connectivity index (χ1) is 17.5. The standard InChI is InChI=1S/C30H24N4O2/c1-33-20-32-17-26(33)19-34(18-21-9-11-23(12-10-21)30(35)36)25-14-13-24(16-31)29(15-25)28-8-4-6-22-5-2-3-7-27(22)28/h2-15,17,20H,18-19H2,1H3,(H,35,36). The zero-order valence-corrected chi connectivity index (χ0v) is 19.8. The fourth-order valence-corrected chi connectivity index (χ4v) is 4.45. The maximum absolute atomic E-state index is 11.3. The SMILES string of the molecule is Cn1cncc1CN(Cc1ccc(C(=O)O)cc1)c1ccc(C#N)c(-c2cccc3ccccc23)c1. The molecular weight excluding hydrogens is 448 g/mol. The molecule has 6 heteroatoms. The van der Waals surface area contributed by atoms with E-state index in [1.807, 2.05) is 60.3 Å². The van der Waals surface area contributed by atoms with Gasteiger partial charge in [0.25, 0.3) is 0 Å². The van der Waals surface area contributed by atoms with Crippen molar-refractivity contribution in [3.63, 3.8) is 0 Å². The minimum atomic E-state index is -0.944. The van der Waals surface area contributed by atoms with Gasteiger partial charge in [0.2, 0.25) is 0 Å². The quantitative estimate of drug-likeness (QED) is 0.313. The van der Waals surface area contributed by atoms with E-state index < -0.39 is 5.97 Å². The molecule has 0 bridgehead atoms. The van der Waals surface area contributed by atoms with E-state index in [0.717, 1.165) is 38.8 Å². The number of aromatic nitrogens is 2. The second-order valence-corrected chi connectivity index (χ2v) is 8.72. The summed E-state index contributed by atoms with van der Waals surface area (Å²) in [6.07, 6.45) is 3.62. The van der Waals surface area contributed by atoms with Crippen molar-refractivity contribution >= 4 is 22.4 Å². The molecule has 0 aliphatic rings. The van der Waals surface area contributed by atoms with Crippen LogP contribution in [-0.4, -0.2) is 20.6 Å². The van der Waals surface area contributed by atoms with Gasteiger partial charge in [0.15, 0.2) is 0 Å². The monoisotopic (exact) mass is 472 g/mol. The Labute approximate surface area is 209 Å². The van der Waals surface area contributed by atoms with E-state index >= 15 is 0 Å². The van der Waals surface area contributed by atoms with E-state index in [1.54, 1.807) is 18.5 Å². The van der Waals surface area contributed by atoms with Crippen molar-refractivity contribution < 1.29 is 9.90 Å². The number of carboxylic acid groups (broad SMARTS) is 1. The second-order valence-electron chi connectivity index (χ2n) is 8.72. The average molecular weight is 473 g/mol. The lowest BCUT2D eigenvalue weighted by Gasteiger charge is -2.26. The van der Waals surface area contributed by atoms with Crippen LogP contribution in [0.3, 0.4) is 0 Å². The third kappa shape index (κ3) is 4.55. The number of aryl methyl sites for hydroxylation is 1. The molecule has 36 heavy (non-hydrogen) atoms. The molecule has 6 nitrogen and oxygen atoms in total. The van der Waals surface area contributed by atoms with Crippen LogP contribution >= 0.6 is 0 Å². The summed E-state index contributed by atoms with van der Waals surface area (Å²) in [6, 6.07) is 29.5. The third-order valence-electron chi connectivity index (χ3n) is 6.41. The largest absolute Gasteiger partial charge is 0.478 e. The molecule has 1 heterocycles. The van der Waals surface area contributed by atoms with E-state index in [9.17, 15) is 15.2 Å². The molecule has 0 fully saturated rings. The van der Waals surface area contributed by atoms with Gasteiger partial charge in [0.05, 0.1) is 35.8 Å². The van der Waals surface area contributed by atoms with Crippen LogP contribution in [0.2, 0.25) is 0 Å². The van der Waals surface area contributed by atoms with Crippen LogP contribution in [0, 0.1) is 11.3 Å². The number of hydrogen-bond donors (Lipinski definition) is 1. The molecule has 5 aromatic rings. The highest BCUT2D eigenvalue weighted by Crippen LogP contribution is 2.34. The Bertz CT molecular complexity index is 1590. The second kappa shape index (κ2) is 9.77. The molecule has 1 aromatic heterocycles. The normalized spacial score (nSPS) is 10.8. The number of fused-ring (bicyclic) bond motifs is 1. The highest BCUT2D eigenvalue weighted by molar-refractivity contribution is 5.98. The molecule has 0 saturated carbocycles. The Balaban J connectivity index is 1.59. The lowest BCUT2D eigenvalue weighted by molar-refractivity contribution is 0.0697.